The third kappa shape index (κ3) is 5.00. The first-order chi connectivity index (χ1) is 9.95. The van der Waals surface area contributed by atoms with E-state index in [0.29, 0.717) is 26.2 Å². The highest BCUT2D eigenvalue weighted by molar-refractivity contribution is 5.95. The summed E-state index contributed by atoms with van der Waals surface area (Å²) in [6, 6.07) is -0.167. The zero-order valence-electron chi connectivity index (χ0n) is 12.7. The maximum atomic E-state index is 11.9. The molecule has 7 nitrogen and oxygen atoms in total. The number of imide groups is 1. The summed E-state index contributed by atoms with van der Waals surface area (Å²) < 4.78 is 0. The Hall–Kier alpha value is -1.63. The molecule has 0 aromatic heterocycles. The first-order valence-corrected chi connectivity index (χ1v) is 7.57. The first kappa shape index (κ1) is 15.8. The predicted molar refractivity (Wildman–Crippen MR) is 77.6 cm³/mol. The average Bonchev–Trinajstić information content (AvgIpc) is 3.22. The molecule has 0 spiro atoms. The van der Waals surface area contributed by atoms with E-state index in [1.807, 2.05) is 23.6 Å². The topological polar surface area (TPSA) is 81.8 Å². The van der Waals surface area contributed by atoms with Crippen molar-refractivity contribution in [3.05, 3.63) is 0 Å². The number of rotatable bonds is 4. The molecular weight excluding hydrogens is 272 g/mol. The minimum absolute atomic E-state index is 0.00553. The third-order valence-electron chi connectivity index (χ3n) is 3.71. The number of carbonyl (C=O) groups is 3. The highest BCUT2D eigenvalue weighted by Crippen LogP contribution is 2.18. The molecule has 2 rings (SSSR count). The normalized spacial score (nSPS) is 19.5. The van der Waals surface area contributed by atoms with Crippen molar-refractivity contribution in [2.75, 3.05) is 32.7 Å². The molecule has 1 heterocycles. The number of carbonyl (C=O) groups excluding carboxylic acids is 3. The van der Waals surface area contributed by atoms with Crippen molar-refractivity contribution >= 4 is 17.8 Å². The second-order valence-corrected chi connectivity index (χ2v) is 6.05. The van der Waals surface area contributed by atoms with Gasteiger partial charge in [-0.25, -0.2) is 4.79 Å². The molecule has 1 saturated carbocycles. The second-order valence-electron chi connectivity index (χ2n) is 6.05. The summed E-state index contributed by atoms with van der Waals surface area (Å²) in [4.78, 5) is 38.9. The third-order valence-corrected chi connectivity index (χ3v) is 3.71. The zero-order valence-corrected chi connectivity index (χ0v) is 12.7. The molecule has 0 aromatic rings. The summed E-state index contributed by atoms with van der Waals surface area (Å²) >= 11 is 0. The van der Waals surface area contributed by atoms with Crippen molar-refractivity contribution in [1.82, 2.24) is 20.4 Å². The van der Waals surface area contributed by atoms with Gasteiger partial charge in [0.05, 0.1) is 6.54 Å². The summed E-state index contributed by atoms with van der Waals surface area (Å²) in [5, 5.41) is 5.05. The van der Waals surface area contributed by atoms with Crippen LogP contribution < -0.4 is 10.6 Å². The Morgan fingerprint density at radius 1 is 1.10 bits per heavy atom. The maximum Gasteiger partial charge on any atom is 0.321 e. The van der Waals surface area contributed by atoms with Gasteiger partial charge in [0.1, 0.15) is 0 Å². The number of nitrogens with one attached hydrogen (secondary N) is 2. The summed E-state index contributed by atoms with van der Waals surface area (Å²) in [7, 11) is 0. The second kappa shape index (κ2) is 6.89. The molecule has 1 aliphatic carbocycles. The van der Waals surface area contributed by atoms with Crippen LogP contribution in [0, 0.1) is 5.92 Å². The van der Waals surface area contributed by atoms with Gasteiger partial charge in [-0.3, -0.25) is 19.8 Å². The van der Waals surface area contributed by atoms with Crippen LogP contribution in [0.5, 0.6) is 0 Å². The fraction of sp³-hybridized carbons (Fsp3) is 0.786. The van der Waals surface area contributed by atoms with Gasteiger partial charge < -0.3 is 10.2 Å². The van der Waals surface area contributed by atoms with Crippen molar-refractivity contribution in [2.24, 2.45) is 5.92 Å². The Balaban J connectivity index is 1.66. The summed E-state index contributed by atoms with van der Waals surface area (Å²) in [5.41, 5.74) is 0. The van der Waals surface area contributed by atoms with Gasteiger partial charge >= 0.3 is 6.03 Å². The molecule has 7 heteroatoms. The van der Waals surface area contributed by atoms with Crippen molar-refractivity contribution in [1.29, 1.82) is 0 Å². The van der Waals surface area contributed by atoms with Gasteiger partial charge in [0, 0.05) is 38.1 Å². The van der Waals surface area contributed by atoms with Gasteiger partial charge in [-0.05, 0) is 12.8 Å². The maximum absolute atomic E-state index is 11.9. The van der Waals surface area contributed by atoms with E-state index in [0.717, 1.165) is 12.8 Å². The van der Waals surface area contributed by atoms with Crippen molar-refractivity contribution in [3.63, 3.8) is 0 Å². The molecule has 1 aliphatic heterocycles. The SMILES string of the molecule is CC(C)C(=O)N1CCN(CC(=O)NC(=O)NC2CC2)CC1. The van der Waals surface area contributed by atoms with Crippen LogP contribution >= 0.6 is 0 Å². The fourth-order valence-corrected chi connectivity index (χ4v) is 2.31. The lowest BCUT2D eigenvalue weighted by Gasteiger charge is -2.35. The molecular formula is C14H24N4O3. The lowest BCUT2D eigenvalue weighted by molar-refractivity contribution is -0.136. The number of nitrogens with zero attached hydrogens (tertiary/aromatic N) is 2. The number of amides is 4. The van der Waals surface area contributed by atoms with E-state index in [1.165, 1.54) is 0 Å². The van der Waals surface area contributed by atoms with Crippen LogP contribution in [0.4, 0.5) is 4.79 Å². The van der Waals surface area contributed by atoms with Gasteiger partial charge in [0.15, 0.2) is 0 Å². The van der Waals surface area contributed by atoms with Gasteiger partial charge in [-0.15, -0.1) is 0 Å². The molecule has 2 N–H and O–H groups in total. The number of hydrogen-bond acceptors (Lipinski definition) is 4. The van der Waals surface area contributed by atoms with Crippen LogP contribution in [0.15, 0.2) is 0 Å². The fourth-order valence-electron chi connectivity index (χ4n) is 2.31. The quantitative estimate of drug-likeness (QED) is 0.751. The molecule has 0 bridgehead atoms. The molecule has 0 unspecified atom stereocenters. The van der Waals surface area contributed by atoms with Crippen LogP contribution in [0.25, 0.3) is 0 Å². The molecule has 0 aromatic carbocycles. The molecule has 0 atom stereocenters. The monoisotopic (exact) mass is 296 g/mol. The Morgan fingerprint density at radius 2 is 1.71 bits per heavy atom. The largest absolute Gasteiger partial charge is 0.340 e. The Bertz CT molecular complexity index is 412. The van der Waals surface area contributed by atoms with Crippen LogP contribution in [0.2, 0.25) is 0 Å². The molecule has 4 amide bonds. The van der Waals surface area contributed by atoms with E-state index in [9.17, 15) is 14.4 Å². The van der Waals surface area contributed by atoms with Gasteiger partial charge in [-0.2, -0.15) is 0 Å². The Kier molecular flexibility index (Phi) is 5.17. The smallest absolute Gasteiger partial charge is 0.321 e. The summed E-state index contributed by atoms with van der Waals surface area (Å²) in [6.45, 7) is 6.58. The first-order valence-electron chi connectivity index (χ1n) is 7.57. The standard InChI is InChI=1S/C14H24N4O3/c1-10(2)13(20)18-7-5-17(6-8-18)9-12(19)16-14(21)15-11-3-4-11/h10-11H,3-9H2,1-2H3,(H2,15,16,19,21). The van der Waals surface area contributed by atoms with Crippen molar-refractivity contribution < 1.29 is 14.4 Å². The van der Waals surface area contributed by atoms with Crippen LogP contribution in [-0.4, -0.2) is 66.4 Å². The van der Waals surface area contributed by atoms with Crippen LogP contribution in [0.1, 0.15) is 26.7 Å². The Labute approximate surface area is 125 Å². The van der Waals surface area contributed by atoms with E-state index >= 15 is 0 Å². The lowest BCUT2D eigenvalue weighted by Crippen LogP contribution is -2.53. The number of urea groups is 1. The lowest BCUT2D eigenvalue weighted by atomic mass is 10.1. The summed E-state index contributed by atoms with van der Waals surface area (Å²) in [6.07, 6.45) is 1.99. The van der Waals surface area contributed by atoms with Gasteiger partial charge in [-0.1, -0.05) is 13.8 Å². The van der Waals surface area contributed by atoms with E-state index in [-0.39, 0.29) is 30.3 Å². The van der Waals surface area contributed by atoms with Crippen LogP contribution in [0.3, 0.4) is 0 Å². The molecule has 1 saturated heterocycles. The summed E-state index contributed by atoms with van der Waals surface area (Å²) in [5.74, 6) is -0.134. The molecule has 21 heavy (non-hydrogen) atoms. The number of hydrogen-bond donors (Lipinski definition) is 2. The highest BCUT2D eigenvalue weighted by Gasteiger charge is 2.26. The Morgan fingerprint density at radius 3 is 2.24 bits per heavy atom. The number of piperazine rings is 1. The molecule has 2 fully saturated rings. The molecule has 118 valence electrons. The van der Waals surface area contributed by atoms with Gasteiger partial charge in [0.2, 0.25) is 11.8 Å². The minimum atomic E-state index is -0.406. The highest BCUT2D eigenvalue weighted by atomic mass is 16.2. The van der Waals surface area contributed by atoms with Gasteiger partial charge in [0.25, 0.3) is 0 Å². The zero-order chi connectivity index (χ0) is 15.4. The van der Waals surface area contributed by atoms with E-state index in [1.54, 1.807) is 0 Å². The molecule has 2 aliphatic rings. The van der Waals surface area contributed by atoms with E-state index in [2.05, 4.69) is 10.6 Å². The minimum Gasteiger partial charge on any atom is -0.340 e. The van der Waals surface area contributed by atoms with Crippen molar-refractivity contribution in [3.8, 4) is 0 Å². The van der Waals surface area contributed by atoms with Crippen LogP contribution in [-0.2, 0) is 9.59 Å². The molecule has 0 radical (unpaired) electrons. The van der Waals surface area contributed by atoms with E-state index < -0.39 is 6.03 Å². The van der Waals surface area contributed by atoms with E-state index in [4.69, 9.17) is 0 Å². The predicted octanol–water partition coefficient (Wildman–Crippen LogP) is -0.225. The van der Waals surface area contributed by atoms with Crippen molar-refractivity contribution in [2.45, 2.75) is 32.7 Å². The average molecular weight is 296 g/mol.